The second kappa shape index (κ2) is 11.9. The molecular weight excluding hydrogens is 383 g/mol. The van der Waals surface area contributed by atoms with Gasteiger partial charge in [0.1, 0.15) is 11.9 Å². The van der Waals surface area contributed by atoms with E-state index in [1.807, 2.05) is 31.2 Å². The van der Waals surface area contributed by atoms with E-state index in [1.165, 1.54) is 12.1 Å². The summed E-state index contributed by atoms with van der Waals surface area (Å²) in [7, 11) is 5.11. The number of hydrogen-bond donors (Lipinski definition) is 2. The molecule has 0 saturated carbocycles. The molecule has 30 heavy (non-hydrogen) atoms. The maximum Gasteiger partial charge on any atom is 0.253 e. The molecule has 2 N–H and O–H groups in total. The molecule has 162 valence electrons. The number of nitrogens with one attached hydrogen (secondary N) is 2. The number of aliphatic imine (C=N–C) groups is 1. The third-order valence-electron chi connectivity index (χ3n) is 4.57. The van der Waals surface area contributed by atoms with Gasteiger partial charge in [-0.3, -0.25) is 9.79 Å². The number of hydrogen-bond acceptors (Lipinski definition) is 3. The molecule has 0 radical (unpaired) electrons. The van der Waals surface area contributed by atoms with Crippen LogP contribution in [0.4, 0.5) is 4.39 Å². The van der Waals surface area contributed by atoms with Crippen LogP contribution >= 0.6 is 0 Å². The zero-order chi connectivity index (χ0) is 21.9. The van der Waals surface area contributed by atoms with E-state index in [4.69, 9.17) is 4.74 Å². The Balaban J connectivity index is 1.96. The number of ether oxygens (including phenoxy) is 1. The predicted octanol–water partition coefficient (Wildman–Crippen LogP) is 3.01. The van der Waals surface area contributed by atoms with Crippen molar-refractivity contribution >= 4 is 11.9 Å². The summed E-state index contributed by atoms with van der Waals surface area (Å²) in [5.74, 6) is 0.400. The number of halogens is 1. The number of benzene rings is 2. The van der Waals surface area contributed by atoms with Gasteiger partial charge >= 0.3 is 0 Å². The molecule has 2 rings (SSSR count). The molecular formula is C23H31FN4O2. The molecule has 0 aliphatic carbocycles. The minimum atomic E-state index is -0.275. The number of nitrogens with zero attached hydrogens (tertiary/aromatic N) is 2. The Morgan fingerprint density at radius 1 is 1.17 bits per heavy atom. The van der Waals surface area contributed by atoms with Crippen molar-refractivity contribution in [2.45, 2.75) is 19.4 Å². The number of carbonyl (C=O) groups excluding carboxylic acids is 1. The molecule has 0 spiro atoms. The van der Waals surface area contributed by atoms with Gasteiger partial charge in [0, 0.05) is 39.9 Å². The van der Waals surface area contributed by atoms with Crippen LogP contribution in [-0.4, -0.2) is 57.6 Å². The van der Waals surface area contributed by atoms with Gasteiger partial charge in [-0.1, -0.05) is 24.3 Å². The summed E-state index contributed by atoms with van der Waals surface area (Å²) in [6, 6.07) is 13.9. The fraction of sp³-hybridized carbons (Fsp3) is 0.391. The van der Waals surface area contributed by atoms with Gasteiger partial charge in [-0.05, 0) is 48.7 Å². The van der Waals surface area contributed by atoms with Gasteiger partial charge in [-0.25, -0.2) is 4.39 Å². The van der Waals surface area contributed by atoms with Gasteiger partial charge in [-0.15, -0.1) is 0 Å². The Morgan fingerprint density at radius 3 is 2.53 bits per heavy atom. The smallest absolute Gasteiger partial charge is 0.253 e. The highest BCUT2D eigenvalue weighted by Gasteiger charge is 2.11. The van der Waals surface area contributed by atoms with E-state index in [0.717, 1.165) is 24.1 Å². The van der Waals surface area contributed by atoms with E-state index >= 15 is 0 Å². The average Bonchev–Trinajstić information content (AvgIpc) is 2.74. The number of methoxy groups -OCH3 is 1. The highest BCUT2D eigenvalue weighted by Crippen LogP contribution is 2.17. The van der Waals surface area contributed by atoms with E-state index < -0.39 is 0 Å². The molecule has 1 atom stereocenters. The monoisotopic (exact) mass is 414 g/mol. The molecule has 0 aliphatic rings. The highest BCUT2D eigenvalue weighted by atomic mass is 19.1. The summed E-state index contributed by atoms with van der Waals surface area (Å²) in [6.07, 6.45) is 0.500. The lowest BCUT2D eigenvalue weighted by Gasteiger charge is -2.16. The number of rotatable bonds is 9. The van der Waals surface area contributed by atoms with E-state index in [-0.39, 0.29) is 17.8 Å². The minimum Gasteiger partial charge on any atom is -0.375 e. The van der Waals surface area contributed by atoms with Crippen molar-refractivity contribution in [2.24, 2.45) is 4.99 Å². The maximum atomic E-state index is 13.1. The summed E-state index contributed by atoms with van der Waals surface area (Å²) in [6.45, 7) is 3.80. The van der Waals surface area contributed by atoms with Crippen LogP contribution in [0.2, 0.25) is 0 Å². The first kappa shape index (κ1) is 23.3. The first-order valence-electron chi connectivity index (χ1n) is 10.1. The molecule has 1 unspecified atom stereocenters. The van der Waals surface area contributed by atoms with Crippen LogP contribution in [-0.2, 0) is 11.2 Å². The van der Waals surface area contributed by atoms with Crippen LogP contribution in [0, 0.1) is 5.82 Å². The third kappa shape index (κ3) is 7.15. The quantitative estimate of drug-likeness (QED) is 0.489. The maximum absolute atomic E-state index is 13.1. The predicted molar refractivity (Wildman–Crippen MR) is 118 cm³/mol. The van der Waals surface area contributed by atoms with Crippen LogP contribution in [0.25, 0.3) is 0 Å². The van der Waals surface area contributed by atoms with Crippen molar-refractivity contribution in [3.63, 3.8) is 0 Å². The normalized spacial score (nSPS) is 12.4. The van der Waals surface area contributed by atoms with Gasteiger partial charge in [0.25, 0.3) is 5.91 Å². The van der Waals surface area contributed by atoms with Crippen LogP contribution in [0.15, 0.2) is 53.5 Å². The second-order valence-electron chi connectivity index (χ2n) is 7.07. The van der Waals surface area contributed by atoms with Crippen molar-refractivity contribution in [2.75, 3.05) is 40.8 Å². The lowest BCUT2D eigenvalue weighted by Crippen LogP contribution is -2.38. The van der Waals surface area contributed by atoms with Gasteiger partial charge in [0.2, 0.25) is 0 Å². The van der Waals surface area contributed by atoms with E-state index in [9.17, 15) is 9.18 Å². The minimum absolute atomic E-state index is 0.00823. The molecule has 0 bridgehead atoms. The molecule has 0 aromatic heterocycles. The molecule has 2 aromatic carbocycles. The average molecular weight is 415 g/mol. The molecule has 7 heteroatoms. The fourth-order valence-electron chi connectivity index (χ4n) is 2.95. The highest BCUT2D eigenvalue weighted by molar-refractivity contribution is 5.94. The summed E-state index contributed by atoms with van der Waals surface area (Å²) in [4.78, 5) is 18.3. The van der Waals surface area contributed by atoms with Crippen molar-refractivity contribution in [3.05, 3.63) is 71.0 Å². The van der Waals surface area contributed by atoms with Crippen LogP contribution in [0.3, 0.4) is 0 Å². The Kier molecular flexibility index (Phi) is 9.28. The summed E-state index contributed by atoms with van der Waals surface area (Å²) in [5, 5.41) is 6.52. The SMILES string of the molecule is CCNC(=NCC(OC)c1ccc(F)cc1)NCCc1cccc(C(=O)N(C)C)c1. The van der Waals surface area contributed by atoms with Gasteiger partial charge in [0.05, 0.1) is 6.54 Å². The first-order valence-corrected chi connectivity index (χ1v) is 10.1. The van der Waals surface area contributed by atoms with Gasteiger partial charge in [0.15, 0.2) is 5.96 Å². The third-order valence-corrected chi connectivity index (χ3v) is 4.57. The van der Waals surface area contributed by atoms with Crippen molar-refractivity contribution in [1.82, 2.24) is 15.5 Å². The molecule has 0 aliphatic heterocycles. The van der Waals surface area contributed by atoms with Crippen LogP contribution in [0.1, 0.15) is 34.5 Å². The standard InChI is InChI=1S/C23H31FN4O2/c1-5-25-23(27-16-21(30-4)18-9-11-20(24)12-10-18)26-14-13-17-7-6-8-19(15-17)22(29)28(2)3/h6-12,15,21H,5,13-14,16H2,1-4H3,(H2,25,26,27). The zero-order valence-corrected chi connectivity index (χ0v) is 18.1. The van der Waals surface area contributed by atoms with Gasteiger partial charge in [-0.2, -0.15) is 0 Å². The largest absolute Gasteiger partial charge is 0.375 e. The number of amides is 1. The van der Waals surface area contributed by atoms with Crippen LogP contribution in [0.5, 0.6) is 0 Å². The first-order chi connectivity index (χ1) is 14.4. The molecule has 0 heterocycles. The van der Waals surface area contributed by atoms with Crippen molar-refractivity contribution < 1.29 is 13.9 Å². The molecule has 2 aromatic rings. The van der Waals surface area contributed by atoms with Crippen molar-refractivity contribution in [1.29, 1.82) is 0 Å². The molecule has 0 fully saturated rings. The van der Waals surface area contributed by atoms with Crippen molar-refractivity contribution in [3.8, 4) is 0 Å². The van der Waals surface area contributed by atoms with Crippen LogP contribution < -0.4 is 10.6 Å². The summed E-state index contributed by atoms with van der Waals surface area (Å²) >= 11 is 0. The Hall–Kier alpha value is -2.93. The molecule has 6 nitrogen and oxygen atoms in total. The zero-order valence-electron chi connectivity index (χ0n) is 18.1. The summed E-state index contributed by atoms with van der Waals surface area (Å²) in [5.41, 5.74) is 2.63. The Bertz CT molecular complexity index is 837. The Labute approximate surface area is 178 Å². The Morgan fingerprint density at radius 2 is 1.90 bits per heavy atom. The van der Waals surface area contributed by atoms with E-state index in [1.54, 1.807) is 38.2 Å². The fourth-order valence-corrected chi connectivity index (χ4v) is 2.95. The van der Waals surface area contributed by atoms with E-state index in [2.05, 4.69) is 15.6 Å². The topological polar surface area (TPSA) is 66.0 Å². The number of carbonyl (C=O) groups is 1. The summed E-state index contributed by atoms with van der Waals surface area (Å²) < 4.78 is 18.7. The van der Waals surface area contributed by atoms with E-state index in [0.29, 0.717) is 24.6 Å². The number of guanidine groups is 1. The lowest BCUT2D eigenvalue weighted by molar-refractivity contribution is 0.0827. The lowest BCUT2D eigenvalue weighted by atomic mass is 10.1. The molecule has 0 saturated heterocycles. The second-order valence-corrected chi connectivity index (χ2v) is 7.07. The molecule has 1 amide bonds. The van der Waals surface area contributed by atoms with Gasteiger partial charge < -0.3 is 20.3 Å².